The molecule has 0 spiro atoms. The van der Waals surface area contributed by atoms with E-state index >= 15 is 0 Å². The summed E-state index contributed by atoms with van der Waals surface area (Å²) in [5.41, 5.74) is 0.0996. The van der Waals surface area contributed by atoms with Gasteiger partial charge in [0.2, 0.25) is 0 Å². The number of hydrogen-bond acceptors (Lipinski definition) is 4. The number of nitriles is 1. The predicted octanol–water partition coefficient (Wildman–Crippen LogP) is 1.72. The zero-order chi connectivity index (χ0) is 15.9. The van der Waals surface area contributed by atoms with Gasteiger partial charge in [-0.05, 0) is 25.5 Å². The van der Waals surface area contributed by atoms with Crippen LogP contribution in [0.25, 0.3) is 0 Å². The van der Waals surface area contributed by atoms with E-state index in [1.54, 1.807) is 32.0 Å². The van der Waals surface area contributed by atoms with Gasteiger partial charge in [-0.3, -0.25) is 4.79 Å². The summed E-state index contributed by atoms with van der Waals surface area (Å²) in [5.74, 6) is -0.501. The Balaban J connectivity index is 2.67. The van der Waals surface area contributed by atoms with Crippen molar-refractivity contribution in [3.8, 4) is 6.07 Å². The molecule has 0 aromatic heterocycles. The molecule has 1 rings (SSSR count). The molecule has 0 aliphatic carbocycles. The Kier molecular flexibility index (Phi) is 6.22. The number of benzene rings is 1. The molecule has 0 unspecified atom stereocenters. The zero-order valence-electron chi connectivity index (χ0n) is 12.0. The zero-order valence-corrected chi connectivity index (χ0v) is 12.7. The Morgan fingerprint density at radius 3 is 2.71 bits per heavy atom. The highest BCUT2D eigenvalue weighted by Gasteiger charge is 2.15. The maximum atomic E-state index is 11.9. The third-order valence-corrected chi connectivity index (χ3v) is 3.13. The molecule has 0 saturated heterocycles. The van der Waals surface area contributed by atoms with Gasteiger partial charge in [-0.25, -0.2) is 0 Å². The Hall–Kier alpha value is -2.03. The standard InChI is InChI=1S/C15H18ClN3O2/c1-15(2,10-20)19-9-12(7-17)14(21)18-8-11-5-3-4-6-13(11)16/h3-6,9,19-20H,8,10H2,1-2H3,(H,18,21)/b12-9-. The second kappa shape index (κ2) is 7.67. The minimum atomic E-state index is -0.606. The van der Waals surface area contributed by atoms with E-state index in [4.69, 9.17) is 22.0 Å². The fourth-order valence-electron chi connectivity index (χ4n) is 1.37. The number of aliphatic hydroxyl groups is 1. The quantitative estimate of drug-likeness (QED) is 0.552. The van der Waals surface area contributed by atoms with Crippen LogP contribution in [0, 0.1) is 11.3 Å². The van der Waals surface area contributed by atoms with Crippen molar-refractivity contribution < 1.29 is 9.90 Å². The molecule has 21 heavy (non-hydrogen) atoms. The maximum absolute atomic E-state index is 11.9. The van der Waals surface area contributed by atoms with E-state index in [-0.39, 0.29) is 18.7 Å². The molecule has 0 atom stereocenters. The Bertz CT molecular complexity index is 577. The summed E-state index contributed by atoms with van der Waals surface area (Å²) >= 11 is 5.99. The number of hydrogen-bond donors (Lipinski definition) is 3. The Morgan fingerprint density at radius 2 is 2.14 bits per heavy atom. The van der Waals surface area contributed by atoms with Crippen LogP contribution in [0.2, 0.25) is 5.02 Å². The van der Waals surface area contributed by atoms with E-state index in [1.165, 1.54) is 6.20 Å². The van der Waals surface area contributed by atoms with Gasteiger partial charge in [-0.2, -0.15) is 5.26 Å². The summed E-state index contributed by atoms with van der Waals surface area (Å²) in [4.78, 5) is 11.9. The number of carbonyl (C=O) groups excluding carboxylic acids is 1. The van der Waals surface area contributed by atoms with Gasteiger partial charge in [0.15, 0.2) is 0 Å². The van der Waals surface area contributed by atoms with E-state index < -0.39 is 11.4 Å². The van der Waals surface area contributed by atoms with E-state index in [0.29, 0.717) is 5.02 Å². The molecular weight excluding hydrogens is 290 g/mol. The normalized spacial score (nSPS) is 11.7. The van der Waals surface area contributed by atoms with Crippen LogP contribution in [0.4, 0.5) is 0 Å². The number of amides is 1. The second-order valence-electron chi connectivity index (χ2n) is 5.13. The maximum Gasteiger partial charge on any atom is 0.263 e. The first-order valence-electron chi connectivity index (χ1n) is 6.40. The molecule has 112 valence electrons. The van der Waals surface area contributed by atoms with Crippen molar-refractivity contribution in [2.45, 2.75) is 25.9 Å². The van der Waals surface area contributed by atoms with Gasteiger partial charge >= 0.3 is 0 Å². The molecule has 0 bridgehead atoms. The molecule has 3 N–H and O–H groups in total. The number of aliphatic hydroxyl groups excluding tert-OH is 1. The second-order valence-corrected chi connectivity index (χ2v) is 5.54. The van der Waals surface area contributed by atoms with Gasteiger partial charge in [0.1, 0.15) is 11.6 Å². The lowest BCUT2D eigenvalue weighted by molar-refractivity contribution is -0.117. The van der Waals surface area contributed by atoms with Gasteiger partial charge in [-0.15, -0.1) is 0 Å². The fraction of sp³-hybridized carbons (Fsp3) is 0.333. The first-order chi connectivity index (χ1) is 9.89. The van der Waals surface area contributed by atoms with Gasteiger partial charge in [0.05, 0.1) is 12.1 Å². The van der Waals surface area contributed by atoms with Crippen molar-refractivity contribution in [3.05, 3.63) is 46.6 Å². The van der Waals surface area contributed by atoms with Gasteiger partial charge in [0, 0.05) is 17.8 Å². The van der Waals surface area contributed by atoms with E-state index in [0.717, 1.165) is 5.56 Å². The predicted molar refractivity (Wildman–Crippen MR) is 81.3 cm³/mol. The summed E-state index contributed by atoms with van der Waals surface area (Å²) < 4.78 is 0. The molecule has 5 nitrogen and oxygen atoms in total. The molecule has 0 aliphatic rings. The first-order valence-corrected chi connectivity index (χ1v) is 6.78. The number of nitrogens with one attached hydrogen (secondary N) is 2. The van der Waals surface area contributed by atoms with Gasteiger partial charge in [0.25, 0.3) is 5.91 Å². The van der Waals surface area contributed by atoms with E-state index in [2.05, 4.69) is 10.6 Å². The van der Waals surface area contributed by atoms with Crippen LogP contribution in [0.15, 0.2) is 36.0 Å². The van der Waals surface area contributed by atoms with E-state index in [9.17, 15) is 4.79 Å². The monoisotopic (exact) mass is 307 g/mol. The summed E-state index contributed by atoms with van der Waals surface area (Å²) in [6.07, 6.45) is 1.30. The molecule has 0 saturated carbocycles. The van der Waals surface area contributed by atoms with Crippen molar-refractivity contribution in [1.29, 1.82) is 5.26 Å². The lowest BCUT2D eigenvalue weighted by atomic mass is 10.1. The summed E-state index contributed by atoms with van der Waals surface area (Å²) in [6.45, 7) is 3.62. The smallest absolute Gasteiger partial charge is 0.263 e. The molecule has 1 aromatic carbocycles. The summed E-state index contributed by atoms with van der Waals surface area (Å²) in [6, 6.07) is 8.97. The van der Waals surface area contributed by atoms with Crippen LogP contribution in [0.1, 0.15) is 19.4 Å². The molecule has 0 aliphatic heterocycles. The molecule has 6 heteroatoms. The van der Waals surface area contributed by atoms with Crippen molar-refractivity contribution in [3.63, 3.8) is 0 Å². The molecule has 0 radical (unpaired) electrons. The first kappa shape index (κ1) is 17.0. The number of halogens is 1. The Labute approximate surface area is 129 Å². The average Bonchev–Trinajstić information content (AvgIpc) is 2.47. The summed E-state index contributed by atoms with van der Waals surface area (Å²) in [5, 5.41) is 24.1. The van der Waals surface area contributed by atoms with Gasteiger partial charge in [-0.1, -0.05) is 29.8 Å². The van der Waals surface area contributed by atoms with Crippen molar-refractivity contribution in [2.75, 3.05) is 6.61 Å². The average molecular weight is 308 g/mol. The van der Waals surface area contributed by atoms with Crippen LogP contribution in [-0.2, 0) is 11.3 Å². The number of carbonyl (C=O) groups is 1. The molecule has 0 fully saturated rings. The minimum absolute atomic E-state index is 0.0661. The topological polar surface area (TPSA) is 85.2 Å². The molecule has 0 heterocycles. The van der Waals surface area contributed by atoms with Gasteiger partial charge < -0.3 is 15.7 Å². The van der Waals surface area contributed by atoms with Crippen LogP contribution in [-0.4, -0.2) is 23.2 Å². The van der Waals surface area contributed by atoms with Crippen molar-refractivity contribution >= 4 is 17.5 Å². The largest absolute Gasteiger partial charge is 0.394 e. The third kappa shape index (κ3) is 5.46. The van der Waals surface area contributed by atoms with Crippen molar-refractivity contribution in [2.24, 2.45) is 0 Å². The fourth-order valence-corrected chi connectivity index (χ4v) is 1.58. The Morgan fingerprint density at radius 1 is 1.48 bits per heavy atom. The molecule has 1 aromatic rings. The SMILES string of the molecule is CC(C)(CO)N/C=C(/C#N)C(=O)NCc1ccccc1Cl. The highest BCUT2D eigenvalue weighted by atomic mass is 35.5. The lowest BCUT2D eigenvalue weighted by Crippen LogP contribution is -2.40. The highest BCUT2D eigenvalue weighted by Crippen LogP contribution is 2.14. The van der Waals surface area contributed by atoms with Crippen molar-refractivity contribution in [1.82, 2.24) is 10.6 Å². The summed E-state index contributed by atoms with van der Waals surface area (Å²) in [7, 11) is 0. The highest BCUT2D eigenvalue weighted by molar-refractivity contribution is 6.31. The number of nitrogens with zero attached hydrogens (tertiary/aromatic N) is 1. The lowest BCUT2D eigenvalue weighted by Gasteiger charge is -2.22. The van der Waals surface area contributed by atoms with Crippen LogP contribution in [0.3, 0.4) is 0 Å². The van der Waals surface area contributed by atoms with Crippen LogP contribution in [0.5, 0.6) is 0 Å². The minimum Gasteiger partial charge on any atom is -0.394 e. The van der Waals surface area contributed by atoms with Crippen LogP contribution >= 0.6 is 11.6 Å². The number of rotatable bonds is 6. The van der Waals surface area contributed by atoms with E-state index in [1.807, 2.05) is 12.1 Å². The van der Waals surface area contributed by atoms with Crippen LogP contribution < -0.4 is 10.6 Å². The third-order valence-electron chi connectivity index (χ3n) is 2.76. The molecular formula is C15H18ClN3O2. The molecule has 1 amide bonds.